The average Bonchev–Trinajstić information content (AvgIpc) is 3.14. The molecule has 34 heavy (non-hydrogen) atoms. The van der Waals surface area contributed by atoms with E-state index < -0.39 is 0 Å². The summed E-state index contributed by atoms with van der Waals surface area (Å²) in [6.45, 7) is 6.17. The monoisotopic (exact) mass is 463 g/mol. The summed E-state index contributed by atoms with van der Waals surface area (Å²) in [4.78, 5) is 36.0. The van der Waals surface area contributed by atoms with Gasteiger partial charge in [0.1, 0.15) is 0 Å². The number of aryl methyl sites for hydroxylation is 1. The molecule has 0 fully saturated rings. The molecule has 0 unspecified atom stereocenters. The van der Waals surface area contributed by atoms with Gasteiger partial charge in [0.15, 0.2) is 0 Å². The highest BCUT2D eigenvalue weighted by Gasteiger charge is 2.15. The van der Waals surface area contributed by atoms with Crippen LogP contribution in [0.1, 0.15) is 57.4 Å². The molecule has 0 aliphatic carbocycles. The predicted molar refractivity (Wildman–Crippen MR) is 128 cm³/mol. The molecule has 0 saturated carbocycles. The highest BCUT2D eigenvalue weighted by Crippen LogP contribution is 2.20. The number of methoxy groups -OCH3 is 1. The first kappa shape index (κ1) is 24.7. The number of carbonyl (C=O) groups excluding carboxylic acids is 3. The number of amides is 1. The Hall–Kier alpha value is -3.94. The maximum absolute atomic E-state index is 12.7. The van der Waals surface area contributed by atoms with Crippen molar-refractivity contribution in [1.29, 1.82) is 0 Å². The number of carbonyl (C=O) groups is 3. The highest BCUT2D eigenvalue weighted by molar-refractivity contribution is 6.04. The summed E-state index contributed by atoms with van der Waals surface area (Å²) in [6, 6.07) is 13.7. The second-order valence-corrected chi connectivity index (χ2v) is 7.85. The molecule has 8 heteroatoms. The third kappa shape index (κ3) is 5.89. The number of aromatic nitrogens is 2. The van der Waals surface area contributed by atoms with Crippen molar-refractivity contribution in [2.24, 2.45) is 0 Å². The molecule has 1 aromatic heterocycles. The molecular weight excluding hydrogens is 434 g/mol. The van der Waals surface area contributed by atoms with Crippen molar-refractivity contribution in [2.45, 2.75) is 40.0 Å². The topological polar surface area (TPSA) is 99.5 Å². The van der Waals surface area contributed by atoms with Gasteiger partial charge in [-0.1, -0.05) is 6.92 Å². The minimum atomic E-state index is -0.382. The van der Waals surface area contributed by atoms with Gasteiger partial charge in [-0.15, -0.1) is 0 Å². The molecule has 0 radical (unpaired) electrons. The number of hydrogen-bond acceptors (Lipinski definition) is 6. The van der Waals surface area contributed by atoms with Crippen molar-refractivity contribution in [1.82, 2.24) is 9.78 Å². The molecule has 2 aromatic carbocycles. The maximum atomic E-state index is 12.7. The molecule has 1 heterocycles. The van der Waals surface area contributed by atoms with Gasteiger partial charge in [-0.25, -0.2) is 9.48 Å². The van der Waals surface area contributed by atoms with Crippen LogP contribution in [0, 0.1) is 13.8 Å². The Morgan fingerprint density at radius 2 is 1.62 bits per heavy atom. The second kappa shape index (κ2) is 11.3. The van der Waals surface area contributed by atoms with Crippen LogP contribution >= 0.6 is 0 Å². The molecule has 0 spiro atoms. The molecule has 178 valence electrons. The van der Waals surface area contributed by atoms with E-state index in [2.05, 4.69) is 10.4 Å². The SMILES string of the molecule is CCCOC(=O)c1ccc(NC(=O)c2ccc(-n3nc(C)c(CCC(=O)OC)c3C)cc2)cc1. The van der Waals surface area contributed by atoms with Crippen LogP contribution in [0.15, 0.2) is 48.5 Å². The zero-order chi connectivity index (χ0) is 24.7. The molecule has 8 nitrogen and oxygen atoms in total. The van der Waals surface area contributed by atoms with Gasteiger partial charge in [0.25, 0.3) is 5.91 Å². The molecule has 0 atom stereocenters. The Kier molecular flexibility index (Phi) is 8.19. The summed E-state index contributed by atoms with van der Waals surface area (Å²) in [6.07, 6.45) is 1.61. The fourth-order valence-corrected chi connectivity index (χ4v) is 3.54. The zero-order valence-electron chi connectivity index (χ0n) is 19.9. The van der Waals surface area contributed by atoms with Crippen molar-refractivity contribution in [3.05, 3.63) is 76.6 Å². The third-order valence-electron chi connectivity index (χ3n) is 5.44. The first-order valence-corrected chi connectivity index (χ1v) is 11.1. The Morgan fingerprint density at radius 1 is 0.971 bits per heavy atom. The summed E-state index contributed by atoms with van der Waals surface area (Å²) < 4.78 is 11.6. The Balaban J connectivity index is 1.67. The van der Waals surface area contributed by atoms with Gasteiger partial charge < -0.3 is 14.8 Å². The van der Waals surface area contributed by atoms with E-state index in [0.29, 0.717) is 36.3 Å². The normalized spacial score (nSPS) is 10.6. The number of ether oxygens (including phenoxy) is 2. The van der Waals surface area contributed by atoms with Gasteiger partial charge >= 0.3 is 11.9 Å². The molecule has 0 saturated heterocycles. The fraction of sp³-hybridized carbons (Fsp3) is 0.308. The standard InChI is InChI=1S/C26H29N3O5/c1-5-16-34-26(32)20-6-10-21(11-7-20)27-25(31)19-8-12-22(13-9-19)29-18(3)23(17(2)28-29)14-15-24(30)33-4/h6-13H,5,14-16H2,1-4H3,(H,27,31). The minimum absolute atomic E-state index is 0.256. The van der Waals surface area contributed by atoms with Gasteiger partial charge in [0.2, 0.25) is 0 Å². The Morgan fingerprint density at radius 3 is 2.24 bits per heavy atom. The first-order chi connectivity index (χ1) is 16.3. The van der Waals surface area contributed by atoms with E-state index in [0.717, 1.165) is 29.1 Å². The van der Waals surface area contributed by atoms with Crippen molar-refractivity contribution in [3.8, 4) is 5.69 Å². The molecule has 1 amide bonds. The van der Waals surface area contributed by atoms with Crippen LogP contribution in [-0.4, -0.2) is 41.3 Å². The summed E-state index contributed by atoms with van der Waals surface area (Å²) in [5, 5.41) is 7.42. The largest absolute Gasteiger partial charge is 0.469 e. The Bertz CT molecular complexity index is 1160. The number of nitrogens with one attached hydrogen (secondary N) is 1. The van der Waals surface area contributed by atoms with E-state index in [1.165, 1.54) is 7.11 Å². The third-order valence-corrected chi connectivity index (χ3v) is 5.44. The van der Waals surface area contributed by atoms with Crippen LogP contribution in [0.5, 0.6) is 0 Å². The maximum Gasteiger partial charge on any atom is 0.338 e. The summed E-state index contributed by atoms with van der Waals surface area (Å²) >= 11 is 0. The van der Waals surface area contributed by atoms with Gasteiger partial charge in [0.05, 0.1) is 30.7 Å². The van der Waals surface area contributed by atoms with Gasteiger partial charge in [-0.05, 0) is 80.8 Å². The number of rotatable bonds is 9. The lowest BCUT2D eigenvalue weighted by atomic mass is 10.1. The Labute approximate surface area is 198 Å². The van der Waals surface area contributed by atoms with Crippen molar-refractivity contribution >= 4 is 23.5 Å². The summed E-state index contributed by atoms with van der Waals surface area (Å²) in [5.74, 6) is -0.902. The summed E-state index contributed by atoms with van der Waals surface area (Å²) in [7, 11) is 1.38. The minimum Gasteiger partial charge on any atom is -0.469 e. The van der Waals surface area contributed by atoms with Gasteiger partial charge in [-0.3, -0.25) is 9.59 Å². The number of hydrogen-bond donors (Lipinski definition) is 1. The van der Waals surface area contributed by atoms with E-state index >= 15 is 0 Å². The smallest absolute Gasteiger partial charge is 0.338 e. The number of benzene rings is 2. The molecule has 0 aliphatic heterocycles. The van der Waals surface area contributed by atoms with Crippen molar-refractivity contribution in [3.63, 3.8) is 0 Å². The van der Waals surface area contributed by atoms with Crippen molar-refractivity contribution < 1.29 is 23.9 Å². The van der Waals surface area contributed by atoms with Crippen LogP contribution in [0.4, 0.5) is 5.69 Å². The van der Waals surface area contributed by atoms with Gasteiger partial charge in [0, 0.05) is 23.4 Å². The van der Waals surface area contributed by atoms with Gasteiger partial charge in [-0.2, -0.15) is 5.10 Å². The van der Waals surface area contributed by atoms with Crippen LogP contribution in [0.25, 0.3) is 5.69 Å². The summed E-state index contributed by atoms with van der Waals surface area (Å²) in [5.41, 5.74) is 5.12. The molecule has 0 aliphatic rings. The molecule has 0 bridgehead atoms. The number of nitrogens with zero attached hydrogens (tertiary/aromatic N) is 2. The quantitative estimate of drug-likeness (QED) is 0.472. The lowest BCUT2D eigenvalue weighted by molar-refractivity contribution is -0.140. The van der Waals surface area contributed by atoms with E-state index in [9.17, 15) is 14.4 Å². The first-order valence-electron chi connectivity index (χ1n) is 11.1. The number of esters is 2. The van der Waals surface area contributed by atoms with Crippen LogP contribution in [0.2, 0.25) is 0 Å². The van der Waals surface area contributed by atoms with Crippen LogP contribution in [-0.2, 0) is 20.7 Å². The number of anilines is 1. The van der Waals surface area contributed by atoms with E-state index in [1.54, 1.807) is 41.1 Å². The van der Waals surface area contributed by atoms with Crippen LogP contribution in [0.3, 0.4) is 0 Å². The van der Waals surface area contributed by atoms with E-state index in [-0.39, 0.29) is 17.8 Å². The molecule has 3 rings (SSSR count). The highest BCUT2D eigenvalue weighted by atomic mass is 16.5. The molecule has 3 aromatic rings. The van der Waals surface area contributed by atoms with Crippen LogP contribution < -0.4 is 5.32 Å². The fourth-order valence-electron chi connectivity index (χ4n) is 3.54. The molecule has 1 N–H and O–H groups in total. The second-order valence-electron chi connectivity index (χ2n) is 7.85. The average molecular weight is 464 g/mol. The zero-order valence-corrected chi connectivity index (χ0v) is 19.9. The molecular formula is C26H29N3O5. The lowest BCUT2D eigenvalue weighted by Gasteiger charge is -2.09. The lowest BCUT2D eigenvalue weighted by Crippen LogP contribution is -2.12. The van der Waals surface area contributed by atoms with E-state index in [4.69, 9.17) is 9.47 Å². The predicted octanol–water partition coefficient (Wildman–Crippen LogP) is 4.41. The van der Waals surface area contributed by atoms with Crippen molar-refractivity contribution in [2.75, 3.05) is 19.0 Å². The van der Waals surface area contributed by atoms with E-state index in [1.807, 2.05) is 32.9 Å².